The van der Waals surface area contributed by atoms with Crippen LogP contribution in [0.1, 0.15) is 5.69 Å². The van der Waals surface area contributed by atoms with E-state index in [1.165, 1.54) is 18.7 Å². The normalized spacial score (nSPS) is 11.3. The van der Waals surface area contributed by atoms with Crippen molar-refractivity contribution in [1.29, 1.82) is 0 Å². The van der Waals surface area contributed by atoms with Crippen molar-refractivity contribution in [1.82, 2.24) is 19.7 Å². The van der Waals surface area contributed by atoms with Crippen LogP contribution in [0, 0.1) is 0 Å². The van der Waals surface area contributed by atoms with Gasteiger partial charge in [-0.1, -0.05) is 0 Å². The smallest absolute Gasteiger partial charge is 0.437 e. The third kappa shape index (κ3) is 2.93. The Morgan fingerprint density at radius 1 is 1.33 bits per heavy atom. The first kappa shape index (κ1) is 14.8. The van der Waals surface area contributed by atoms with Gasteiger partial charge < -0.3 is 4.74 Å². The molecular formula is C11H10F3N5O2. The molecule has 0 bridgehead atoms. The molecule has 0 unspecified atom stereocenters. The van der Waals surface area contributed by atoms with Crippen molar-refractivity contribution in [2.24, 2.45) is 0 Å². The van der Waals surface area contributed by atoms with E-state index in [2.05, 4.69) is 19.8 Å². The molecule has 0 aromatic carbocycles. The summed E-state index contributed by atoms with van der Waals surface area (Å²) in [5.74, 6) is 0. The molecular weight excluding hydrogens is 291 g/mol. The van der Waals surface area contributed by atoms with Gasteiger partial charge in [-0.25, -0.2) is 19.4 Å². The van der Waals surface area contributed by atoms with Crippen molar-refractivity contribution in [2.75, 3.05) is 19.1 Å². The van der Waals surface area contributed by atoms with E-state index in [9.17, 15) is 18.0 Å². The van der Waals surface area contributed by atoms with E-state index in [-0.39, 0.29) is 5.69 Å². The highest BCUT2D eigenvalue weighted by Crippen LogP contribution is 2.35. The Hall–Kier alpha value is -2.65. The molecule has 7 nitrogen and oxygen atoms in total. The van der Waals surface area contributed by atoms with Gasteiger partial charge in [-0.3, -0.25) is 4.90 Å². The molecule has 2 rings (SSSR count). The standard InChI is InChI=1S/C11H10F3N5O2/c1-18(10(20)21-2)8-5-19(7-3-15-6-16-4-7)17-9(8)11(12,13)14/h3-6H,1-2H3. The van der Waals surface area contributed by atoms with Gasteiger partial charge in [0.05, 0.1) is 31.4 Å². The van der Waals surface area contributed by atoms with Gasteiger partial charge in [-0.2, -0.15) is 18.3 Å². The summed E-state index contributed by atoms with van der Waals surface area (Å²) in [4.78, 5) is 19.5. The molecule has 0 aliphatic carbocycles. The predicted molar refractivity (Wildman–Crippen MR) is 65.0 cm³/mol. The molecule has 2 heterocycles. The van der Waals surface area contributed by atoms with E-state index >= 15 is 0 Å². The molecule has 21 heavy (non-hydrogen) atoms. The van der Waals surface area contributed by atoms with Gasteiger partial charge in [0.15, 0.2) is 5.69 Å². The second-order valence-electron chi connectivity index (χ2n) is 3.93. The number of amides is 1. The predicted octanol–water partition coefficient (Wildman–Crippen LogP) is 1.88. The molecule has 0 atom stereocenters. The second kappa shape index (κ2) is 5.38. The van der Waals surface area contributed by atoms with Crippen LogP contribution in [0.2, 0.25) is 0 Å². The molecule has 0 saturated carbocycles. The van der Waals surface area contributed by atoms with E-state index in [1.54, 1.807) is 0 Å². The van der Waals surface area contributed by atoms with Gasteiger partial charge in [0, 0.05) is 7.05 Å². The molecule has 112 valence electrons. The summed E-state index contributed by atoms with van der Waals surface area (Å²) >= 11 is 0. The van der Waals surface area contributed by atoms with E-state index in [4.69, 9.17) is 0 Å². The van der Waals surface area contributed by atoms with E-state index in [1.807, 2.05) is 0 Å². The first-order chi connectivity index (χ1) is 9.84. The number of aromatic nitrogens is 4. The highest BCUT2D eigenvalue weighted by atomic mass is 19.4. The monoisotopic (exact) mass is 301 g/mol. The number of rotatable bonds is 2. The van der Waals surface area contributed by atoms with Crippen LogP contribution in [-0.4, -0.2) is 40.0 Å². The van der Waals surface area contributed by atoms with Crippen LogP contribution in [0.3, 0.4) is 0 Å². The fourth-order valence-corrected chi connectivity index (χ4v) is 1.59. The number of anilines is 1. The first-order valence-electron chi connectivity index (χ1n) is 5.58. The van der Waals surface area contributed by atoms with Crippen molar-refractivity contribution >= 4 is 11.8 Å². The zero-order chi connectivity index (χ0) is 15.6. The Bertz CT molecular complexity index is 641. The third-order valence-corrected chi connectivity index (χ3v) is 2.58. The first-order valence-corrected chi connectivity index (χ1v) is 5.58. The van der Waals surface area contributed by atoms with Crippen LogP contribution in [0.5, 0.6) is 0 Å². The Balaban J connectivity index is 2.53. The van der Waals surface area contributed by atoms with E-state index in [0.717, 1.165) is 29.9 Å². The molecule has 0 aliphatic heterocycles. The molecule has 0 fully saturated rings. The average molecular weight is 301 g/mol. The number of carbonyl (C=O) groups excluding carboxylic acids is 1. The number of halogens is 3. The summed E-state index contributed by atoms with van der Waals surface area (Å²) < 4.78 is 44.4. The van der Waals surface area contributed by atoms with Crippen molar-refractivity contribution in [3.05, 3.63) is 30.6 Å². The fraction of sp³-hybridized carbons (Fsp3) is 0.273. The highest BCUT2D eigenvalue weighted by Gasteiger charge is 2.39. The van der Waals surface area contributed by atoms with Crippen molar-refractivity contribution in [3.63, 3.8) is 0 Å². The van der Waals surface area contributed by atoms with Gasteiger partial charge in [0.25, 0.3) is 0 Å². The zero-order valence-corrected chi connectivity index (χ0v) is 11.0. The highest BCUT2D eigenvalue weighted by molar-refractivity contribution is 5.87. The minimum Gasteiger partial charge on any atom is -0.452 e. The summed E-state index contributed by atoms with van der Waals surface area (Å²) in [6.07, 6.45) is -0.787. The van der Waals surface area contributed by atoms with Gasteiger partial charge in [-0.05, 0) is 0 Å². The Morgan fingerprint density at radius 3 is 2.48 bits per heavy atom. The number of nitrogens with zero attached hydrogens (tertiary/aromatic N) is 5. The van der Waals surface area contributed by atoms with Crippen LogP contribution >= 0.6 is 0 Å². The molecule has 0 N–H and O–H groups in total. The number of carbonyl (C=O) groups is 1. The molecule has 10 heteroatoms. The van der Waals surface area contributed by atoms with Crippen LogP contribution in [0.15, 0.2) is 24.9 Å². The Morgan fingerprint density at radius 2 is 1.95 bits per heavy atom. The van der Waals surface area contributed by atoms with Crippen LogP contribution in [0.25, 0.3) is 5.69 Å². The van der Waals surface area contributed by atoms with Gasteiger partial charge in [0.1, 0.15) is 12.0 Å². The largest absolute Gasteiger partial charge is 0.452 e. The lowest BCUT2D eigenvalue weighted by Gasteiger charge is -2.15. The summed E-state index contributed by atoms with van der Waals surface area (Å²) in [6, 6.07) is 0. The summed E-state index contributed by atoms with van der Waals surface area (Å²) in [5.41, 5.74) is -1.41. The zero-order valence-electron chi connectivity index (χ0n) is 11.0. The maximum atomic E-state index is 13.0. The number of alkyl halides is 3. The SMILES string of the molecule is COC(=O)N(C)c1cn(-c2cncnc2)nc1C(F)(F)F. The van der Waals surface area contributed by atoms with Gasteiger partial charge in [-0.15, -0.1) is 0 Å². The Kier molecular flexibility index (Phi) is 3.78. The van der Waals surface area contributed by atoms with Crippen LogP contribution in [0.4, 0.5) is 23.7 Å². The summed E-state index contributed by atoms with van der Waals surface area (Å²) in [6.45, 7) is 0. The van der Waals surface area contributed by atoms with Crippen molar-refractivity contribution in [2.45, 2.75) is 6.18 Å². The van der Waals surface area contributed by atoms with Crippen LogP contribution < -0.4 is 4.90 Å². The molecule has 2 aromatic heterocycles. The summed E-state index contributed by atoms with van der Waals surface area (Å²) in [7, 11) is 2.23. The van der Waals surface area contributed by atoms with Gasteiger partial charge in [0.2, 0.25) is 0 Å². The number of hydrogen-bond donors (Lipinski definition) is 0. The minimum absolute atomic E-state index is 0.229. The lowest BCUT2D eigenvalue weighted by molar-refractivity contribution is -0.140. The van der Waals surface area contributed by atoms with Crippen LogP contribution in [-0.2, 0) is 10.9 Å². The van der Waals surface area contributed by atoms with E-state index < -0.39 is 23.7 Å². The van der Waals surface area contributed by atoms with Crippen molar-refractivity contribution < 1.29 is 22.7 Å². The molecule has 1 amide bonds. The molecule has 2 aromatic rings. The van der Waals surface area contributed by atoms with E-state index in [0.29, 0.717) is 0 Å². The maximum absolute atomic E-state index is 13.0. The molecule has 0 radical (unpaired) electrons. The lowest BCUT2D eigenvalue weighted by Crippen LogP contribution is -2.27. The fourth-order valence-electron chi connectivity index (χ4n) is 1.59. The third-order valence-electron chi connectivity index (χ3n) is 2.58. The average Bonchev–Trinajstić information content (AvgIpc) is 2.92. The second-order valence-corrected chi connectivity index (χ2v) is 3.93. The Labute approximate surface area is 117 Å². The molecule has 0 aliphatic rings. The quantitative estimate of drug-likeness (QED) is 0.847. The number of hydrogen-bond acceptors (Lipinski definition) is 5. The van der Waals surface area contributed by atoms with Crippen molar-refractivity contribution in [3.8, 4) is 5.69 Å². The maximum Gasteiger partial charge on any atom is 0.437 e. The number of ether oxygens (including phenoxy) is 1. The summed E-state index contributed by atoms with van der Waals surface area (Å²) in [5, 5.41) is 3.45. The topological polar surface area (TPSA) is 73.1 Å². The number of methoxy groups -OCH3 is 1. The minimum atomic E-state index is -4.72. The molecule has 0 spiro atoms. The van der Waals surface area contributed by atoms with Gasteiger partial charge >= 0.3 is 12.3 Å². The molecule has 0 saturated heterocycles. The lowest BCUT2D eigenvalue weighted by atomic mass is 10.3.